The fourth-order valence-electron chi connectivity index (χ4n) is 6.03. The molecule has 0 aromatic carbocycles. The minimum absolute atomic E-state index is 0.0333. The van der Waals surface area contributed by atoms with Gasteiger partial charge in [0, 0.05) is 11.8 Å². The Kier molecular flexibility index (Phi) is 5.02. The van der Waals surface area contributed by atoms with E-state index < -0.39 is 10.0 Å². The molecule has 0 aromatic rings. The third-order valence-corrected chi connectivity index (χ3v) is 9.67. The molecule has 1 amide bonds. The van der Waals surface area contributed by atoms with E-state index in [-0.39, 0.29) is 34.4 Å². The lowest BCUT2D eigenvalue weighted by molar-refractivity contribution is -0.129. The zero-order valence-electron chi connectivity index (χ0n) is 16.4. The van der Waals surface area contributed by atoms with Crippen molar-refractivity contribution in [3.63, 3.8) is 0 Å². The quantitative estimate of drug-likeness (QED) is 0.627. The number of rotatable bonds is 7. The average Bonchev–Trinajstić information content (AvgIpc) is 2.98. The minimum atomic E-state index is -3.45. The van der Waals surface area contributed by atoms with Crippen LogP contribution in [-0.2, 0) is 14.8 Å². The van der Waals surface area contributed by atoms with Gasteiger partial charge in [0.25, 0.3) is 0 Å². The Hall–Kier alpha value is -0.580. The number of carbonyl (C=O) groups is 1. The van der Waals surface area contributed by atoms with Crippen LogP contribution in [-0.4, -0.2) is 30.4 Å². The van der Waals surface area contributed by atoms with Gasteiger partial charge in [-0.25, -0.2) is 12.7 Å². The second kappa shape index (κ2) is 6.54. The number of sulfonamides is 1. The van der Waals surface area contributed by atoms with Gasteiger partial charge in [0.05, 0.1) is 11.8 Å². The number of nitrogens with zero attached hydrogens (tertiary/aromatic N) is 1. The third kappa shape index (κ3) is 2.94. The molecule has 3 rings (SSSR count). The van der Waals surface area contributed by atoms with Crippen molar-refractivity contribution in [1.29, 1.82) is 0 Å². The molecule has 3 fully saturated rings. The summed E-state index contributed by atoms with van der Waals surface area (Å²) < 4.78 is 27.1. The Labute approximate surface area is 153 Å². The molecule has 4 nitrogen and oxygen atoms in total. The fraction of sp³-hybridized carbons (Fsp3) is 0.950. The smallest absolute Gasteiger partial charge is 0.238 e. The molecule has 3 aliphatic rings. The zero-order chi connectivity index (χ0) is 18.5. The molecule has 0 radical (unpaired) electrons. The van der Waals surface area contributed by atoms with Gasteiger partial charge in [-0.1, -0.05) is 59.8 Å². The lowest BCUT2D eigenvalue weighted by atomic mass is 9.69. The van der Waals surface area contributed by atoms with E-state index in [0.29, 0.717) is 12.3 Å². The zero-order valence-corrected chi connectivity index (χ0v) is 17.2. The highest BCUT2D eigenvalue weighted by Crippen LogP contribution is 2.70. The van der Waals surface area contributed by atoms with Crippen LogP contribution in [0.1, 0.15) is 85.5 Å². The van der Waals surface area contributed by atoms with Gasteiger partial charge in [-0.2, -0.15) is 0 Å². The maximum Gasteiger partial charge on any atom is 0.238 e. The fourth-order valence-corrected chi connectivity index (χ4v) is 8.59. The van der Waals surface area contributed by atoms with E-state index in [2.05, 4.69) is 27.7 Å². The molecule has 1 heterocycles. The van der Waals surface area contributed by atoms with E-state index in [1.807, 2.05) is 0 Å². The topological polar surface area (TPSA) is 54.5 Å². The molecular formula is C20H35NO3S. The Balaban J connectivity index is 1.69. The monoisotopic (exact) mass is 369 g/mol. The van der Waals surface area contributed by atoms with Gasteiger partial charge in [-0.15, -0.1) is 0 Å². The Morgan fingerprint density at radius 1 is 1.24 bits per heavy atom. The molecule has 5 heteroatoms. The predicted molar refractivity (Wildman–Crippen MR) is 101 cm³/mol. The normalized spacial score (nSPS) is 35.8. The number of unbranched alkanes of at least 4 members (excludes halogenated alkanes) is 3. The van der Waals surface area contributed by atoms with E-state index in [1.54, 1.807) is 0 Å². The Bertz CT molecular complexity index is 627. The van der Waals surface area contributed by atoms with E-state index in [0.717, 1.165) is 32.1 Å². The van der Waals surface area contributed by atoms with Crippen LogP contribution in [0.3, 0.4) is 0 Å². The van der Waals surface area contributed by atoms with Crippen molar-refractivity contribution in [2.45, 2.75) is 91.5 Å². The first-order chi connectivity index (χ1) is 11.7. The minimum Gasteiger partial charge on any atom is -0.274 e. The van der Waals surface area contributed by atoms with Crippen molar-refractivity contribution >= 4 is 15.9 Å². The van der Waals surface area contributed by atoms with Crippen LogP contribution in [0.5, 0.6) is 0 Å². The molecule has 4 atom stereocenters. The van der Waals surface area contributed by atoms with Gasteiger partial charge in [0.15, 0.2) is 0 Å². The van der Waals surface area contributed by atoms with Gasteiger partial charge >= 0.3 is 0 Å². The number of amides is 1. The van der Waals surface area contributed by atoms with E-state index >= 15 is 0 Å². The van der Waals surface area contributed by atoms with E-state index in [9.17, 15) is 13.2 Å². The van der Waals surface area contributed by atoms with Crippen molar-refractivity contribution in [2.24, 2.45) is 22.7 Å². The Morgan fingerprint density at radius 3 is 2.60 bits per heavy atom. The summed E-state index contributed by atoms with van der Waals surface area (Å²) in [5, 5.41) is 0. The molecule has 1 spiro atoms. The highest BCUT2D eigenvalue weighted by atomic mass is 32.2. The van der Waals surface area contributed by atoms with Crippen molar-refractivity contribution < 1.29 is 13.2 Å². The summed E-state index contributed by atoms with van der Waals surface area (Å²) in [6.45, 7) is 8.74. The highest BCUT2D eigenvalue weighted by Gasteiger charge is 2.72. The summed E-state index contributed by atoms with van der Waals surface area (Å²) in [5.41, 5.74) is -0.165. The molecular weight excluding hydrogens is 334 g/mol. The summed E-state index contributed by atoms with van der Waals surface area (Å²) in [6.07, 6.45) is 9.15. The van der Waals surface area contributed by atoms with Gasteiger partial charge in [-0.3, -0.25) is 4.79 Å². The summed E-state index contributed by atoms with van der Waals surface area (Å²) in [6, 6.07) is -0.0777. The standard InChI is InChI=1S/C20H35NO3S/c1-5-6-7-8-9-15(2)12-18(22)21-17-13-16-10-11-20(17,19(16,3)4)14-25(21,23)24/h15-17H,5-14H2,1-4H3. The van der Waals surface area contributed by atoms with Crippen LogP contribution in [0.2, 0.25) is 0 Å². The van der Waals surface area contributed by atoms with Crippen molar-refractivity contribution in [1.82, 2.24) is 4.31 Å². The van der Waals surface area contributed by atoms with Gasteiger partial charge in [0.2, 0.25) is 15.9 Å². The summed E-state index contributed by atoms with van der Waals surface area (Å²) >= 11 is 0. The lowest BCUT2D eigenvalue weighted by Crippen LogP contribution is -2.44. The van der Waals surface area contributed by atoms with Gasteiger partial charge in [-0.05, 0) is 36.5 Å². The second-order valence-corrected chi connectivity index (χ2v) is 11.3. The average molecular weight is 370 g/mol. The first kappa shape index (κ1) is 19.2. The molecule has 1 aliphatic heterocycles. The SMILES string of the molecule is CCCCCCC(C)CC(=O)N1C2CC3CCC2(CS1(=O)=O)C3(C)C. The summed E-state index contributed by atoms with van der Waals surface area (Å²) in [7, 11) is -3.45. The number of carbonyl (C=O) groups excluding carboxylic acids is 1. The molecule has 4 unspecified atom stereocenters. The molecule has 2 bridgehead atoms. The summed E-state index contributed by atoms with van der Waals surface area (Å²) in [4.78, 5) is 12.9. The van der Waals surface area contributed by atoms with E-state index in [4.69, 9.17) is 0 Å². The first-order valence-electron chi connectivity index (χ1n) is 10.2. The molecule has 2 aliphatic carbocycles. The molecule has 25 heavy (non-hydrogen) atoms. The molecule has 2 saturated carbocycles. The van der Waals surface area contributed by atoms with Crippen molar-refractivity contribution in [3.8, 4) is 0 Å². The molecule has 1 saturated heterocycles. The third-order valence-electron chi connectivity index (χ3n) is 7.73. The maximum atomic E-state index is 12.9. The van der Waals surface area contributed by atoms with Gasteiger partial charge in [0.1, 0.15) is 0 Å². The highest BCUT2D eigenvalue weighted by molar-refractivity contribution is 7.90. The van der Waals surface area contributed by atoms with Gasteiger partial charge < -0.3 is 0 Å². The van der Waals surface area contributed by atoms with Crippen molar-refractivity contribution in [2.75, 3.05) is 5.75 Å². The lowest BCUT2D eigenvalue weighted by Gasteiger charge is -2.37. The second-order valence-electron chi connectivity index (χ2n) is 9.47. The van der Waals surface area contributed by atoms with Crippen molar-refractivity contribution in [3.05, 3.63) is 0 Å². The van der Waals surface area contributed by atoms with Crippen LogP contribution >= 0.6 is 0 Å². The Morgan fingerprint density at radius 2 is 1.96 bits per heavy atom. The van der Waals surface area contributed by atoms with Crippen LogP contribution in [0.4, 0.5) is 0 Å². The van der Waals surface area contributed by atoms with Crippen LogP contribution < -0.4 is 0 Å². The number of fused-ring (bicyclic) bond motifs is 1. The van der Waals surface area contributed by atoms with Crippen LogP contribution in [0.15, 0.2) is 0 Å². The largest absolute Gasteiger partial charge is 0.274 e. The van der Waals surface area contributed by atoms with Crippen LogP contribution in [0.25, 0.3) is 0 Å². The molecule has 0 N–H and O–H groups in total. The van der Waals surface area contributed by atoms with Crippen LogP contribution in [0, 0.1) is 22.7 Å². The number of hydrogen-bond donors (Lipinski definition) is 0. The first-order valence-corrected chi connectivity index (χ1v) is 11.8. The molecule has 144 valence electrons. The number of hydrogen-bond acceptors (Lipinski definition) is 3. The predicted octanol–water partition coefficient (Wildman–Crippen LogP) is 4.35. The maximum absolute atomic E-state index is 12.9. The summed E-state index contributed by atoms with van der Waals surface area (Å²) in [5.74, 6) is 0.871. The molecule has 0 aromatic heterocycles. The van der Waals surface area contributed by atoms with E-state index in [1.165, 1.54) is 23.6 Å².